The summed E-state index contributed by atoms with van der Waals surface area (Å²) in [5.74, 6) is 0.163. The van der Waals surface area contributed by atoms with E-state index in [2.05, 4.69) is 15.3 Å². The van der Waals surface area contributed by atoms with Gasteiger partial charge in [0.2, 0.25) is 5.28 Å². The maximum Gasteiger partial charge on any atom is 0.292 e. The van der Waals surface area contributed by atoms with Gasteiger partial charge in [-0.3, -0.25) is 4.79 Å². The second-order valence-electron chi connectivity index (χ2n) is 2.64. The highest BCUT2D eigenvalue weighted by Gasteiger charge is 2.09. The molecule has 0 fully saturated rings. The van der Waals surface area contributed by atoms with Crippen LogP contribution in [-0.2, 0) is 0 Å². The predicted octanol–water partition coefficient (Wildman–Crippen LogP) is 1.98. The van der Waals surface area contributed by atoms with Gasteiger partial charge in [0.1, 0.15) is 5.82 Å². The molecule has 0 spiro atoms. The largest absolute Gasteiger partial charge is 0.459 e. The second-order valence-corrected chi connectivity index (χ2v) is 2.98. The molecule has 0 aromatic carbocycles. The van der Waals surface area contributed by atoms with Gasteiger partial charge in [0.05, 0.1) is 6.26 Å². The maximum atomic E-state index is 11.5. The summed E-state index contributed by atoms with van der Waals surface area (Å²) in [5.41, 5.74) is 0. The number of nitrogens with one attached hydrogen (secondary N) is 1. The van der Waals surface area contributed by atoms with E-state index in [1.54, 1.807) is 12.1 Å². The zero-order valence-corrected chi connectivity index (χ0v) is 8.23. The molecule has 0 saturated carbocycles. The normalized spacial score (nSPS) is 9.93. The predicted molar refractivity (Wildman–Crippen MR) is 53.7 cm³/mol. The van der Waals surface area contributed by atoms with E-state index in [0.717, 1.165) is 0 Å². The van der Waals surface area contributed by atoms with Gasteiger partial charge >= 0.3 is 0 Å². The molecule has 0 aliphatic heterocycles. The van der Waals surface area contributed by atoms with Crippen LogP contribution in [0.4, 0.5) is 5.82 Å². The molecule has 1 N–H and O–H groups in total. The van der Waals surface area contributed by atoms with E-state index >= 15 is 0 Å². The fraction of sp³-hybridized carbons (Fsp3) is 0. The molecule has 15 heavy (non-hydrogen) atoms. The van der Waals surface area contributed by atoms with Crippen molar-refractivity contribution < 1.29 is 9.21 Å². The monoisotopic (exact) mass is 223 g/mol. The highest BCUT2D eigenvalue weighted by Crippen LogP contribution is 2.08. The van der Waals surface area contributed by atoms with Crippen molar-refractivity contribution in [2.45, 2.75) is 0 Å². The number of nitrogens with zero attached hydrogens (tertiary/aromatic N) is 2. The van der Waals surface area contributed by atoms with E-state index in [1.165, 1.54) is 18.5 Å². The minimum absolute atomic E-state index is 0.0762. The third kappa shape index (κ3) is 2.32. The summed E-state index contributed by atoms with van der Waals surface area (Å²) in [7, 11) is 0. The molecule has 5 nitrogen and oxygen atoms in total. The third-order valence-corrected chi connectivity index (χ3v) is 1.79. The van der Waals surface area contributed by atoms with Crippen LogP contribution in [0.3, 0.4) is 0 Å². The molecule has 2 aromatic rings. The molecule has 0 unspecified atom stereocenters. The van der Waals surface area contributed by atoms with Crippen LogP contribution in [0, 0.1) is 0 Å². The van der Waals surface area contributed by atoms with Crippen molar-refractivity contribution in [3.63, 3.8) is 0 Å². The Labute approximate surface area is 90.1 Å². The van der Waals surface area contributed by atoms with Gasteiger partial charge in [-0.05, 0) is 29.8 Å². The third-order valence-electron chi connectivity index (χ3n) is 1.61. The summed E-state index contributed by atoms with van der Waals surface area (Å²) >= 11 is 5.56. The minimum Gasteiger partial charge on any atom is -0.459 e. The molecule has 2 rings (SSSR count). The summed E-state index contributed by atoms with van der Waals surface area (Å²) in [6.07, 6.45) is 2.87. The average molecular weight is 224 g/mol. The maximum absolute atomic E-state index is 11.5. The van der Waals surface area contributed by atoms with Gasteiger partial charge in [0.25, 0.3) is 5.91 Å². The Bertz CT molecular complexity index is 470. The number of carbonyl (C=O) groups is 1. The van der Waals surface area contributed by atoms with Gasteiger partial charge in [0, 0.05) is 6.20 Å². The standard InChI is InChI=1S/C9H6ClN3O2/c10-9-11-4-3-7(13-9)12-8(14)6-2-1-5-15-6/h1-5H,(H,11,12,13,14). The molecule has 0 atom stereocenters. The zero-order chi connectivity index (χ0) is 10.7. The lowest BCUT2D eigenvalue weighted by Gasteiger charge is -2.00. The zero-order valence-electron chi connectivity index (χ0n) is 7.48. The van der Waals surface area contributed by atoms with Crippen LogP contribution in [0.25, 0.3) is 0 Å². The first-order chi connectivity index (χ1) is 7.25. The van der Waals surface area contributed by atoms with Crippen molar-refractivity contribution in [1.29, 1.82) is 0 Å². The van der Waals surface area contributed by atoms with Crippen molar-refractivity contribution >= 4 is 23.3 Å². The lowest BCUT2D eigenvalue weighted by molar-refractivity contribution is 0.0996. The number of hydrogen-bond acceptors (Lipinski definition) is 4. The molecule has 0 aliphatic carbocycles. The molecular formula is C9H6ClN3O2. The first-order valence-corrected chi connectivity index (χ1v) is 4.47. The Balaban J connectivity index is 2.13. The van der Waals surface area contributed by atoms with Crippen LogP contribution in [0.5, 0.6) is 0 Å². The van der Waals surface area contributed by atoms with Crippen molar-refractivity contribution in [2.24, 2.45) is 0 Å². The van der Waals surface area contributed by atoms with Crippen LogP contribution in [0.15, 0.2) is 35.1 Å². The Morgan fingerprint density at radius 1 is 1.47 bits per heavy atom. The van der Waals surface area contributed by atoms with Gasteiger partial charge in [-0.2, -0.15) is 0 Å². The van der Waals surface area contributed by atoms with Crippen molar-refractivity contribution in [3.05, 3.63) is 41.7 Å². The molecule has 1 amide bonds. The van der Waals surface area contributed by atoms with Crippen LogP contribution < -0.4 is 5.32 Å². The van der Waals surface area contributed by atoms with Gasteiger partial charge in [-0.1, -0.05) is 0 Å². The number of furan rings is 1. The topological polar surface area (TPSA) is 68.0 Å². The van der Waals surface area contributed by atoms with Crippen LogP contribution in [0.2, 0.25) is 5.28 Å². The molecule has 6 heteroatoms. The quantitative estimate of drug-likeness (QED) is 0.791. The number of hydrogen-bond donors (Lipinski definition) is 1. The Hall–Kier alpha value is -1.88. The number of aromatic nitrogens is 2. The SMILES string of the molecule is O=C(Nc1ccnc(Cl)n1)c1ccco1. The fourth-order valence-corrected chi connectivity index (χ4v) is 1.14. The number of rotatable bonds is 2. The van der Waals surface area contributed by atoms with E-state index in [0.29, 0.717) is 5.82 Å². The minimum atomic E-state index is -0.380. The van der Waals surface area contributed by atoms with E-state index in [4.69, 9.17) is 16.0 Å². The first-order valence-electron chi connectivity index (χ1n) is 4.09. The summed E-state index contributed by atoms with van der Waals surface area (Å²) in [6.45, 7) is 0. The van der Waals surface area contributed by atoms with Crippen LogP contribution in [0.1, 0.15) is 10.6 Å². The molecule has 76 valence electrons. The lowest BCUT2D eigenvalue weighted by Crippen LogP contribution is -2.12. The van der Waals surface area contributed by atoms with E-state index in [-0.39, 0.29) is 17.0 Å². The van der Waals surface area contributed by atoms with E-state index < -0.39 is 0 Å². The lowest BCUT2D eigenvalue weighted by atomic mass is 10.4. The van der Waals surface area contributed by atoms with Gasteiger partial charge in [-0.25, -0.2) is 9.97 Å². The summed E-state index contributed by atoms with van der Waals surface area (Å²) in [4.78, 5) is 19.0. The Kier molecular flexibility index (Phi) is 2.64. The highest BCUT2D eigenvalue weighted by molar-refractivity contribution is 6.28. The highest BCUT2D eigenvalue weighted by atomic mass is 35.5. The molecule has 0 aliphatic rings. The molecule has 0 saturated heterocycles. The molecular weight excluding hydrogens is 218 g/mol. The first kappa shape index (κ1) is 9.67. The molecule has 0 radical (unpaired) electrons. The van der Waals surface area contributed by atoms with Crippen LogP contribution in [-0.4, -0.2) is 15.9 Å². The van der Waals surface area contributed by atoms with Crippen molar-refractivity contribution in [1.82, 2.24) is 9.97 Å². The number of anilines is 1. The van der Waals surface area contributed by atoms with Gasteiger partial charge in [0.15, 0.2) is 5.76 Å². The van der Waals surface area contributed by atoms with Crippen LogP contribution >= 0.6 is 11.6 Å². The fourth-order valence-electron chi connectivity index (χ4n) is 0.990. The number of amides is 1. The summed E-state index contributed by atoms with van der Waals surface area (Å²) in [5, 5.41) is 2.59. The molecule has 0 bridgehead atoms. The van der Waals surface area contributed by atoms with Gasteiger partial charge in [-0.15, -0.1) is 0 Å². The molecule has 2 heterocycles. The summed E-state index contributed by atoms with van der Waals surface area (Å²) < 4.78 is 4.91. The Morgan fingerprint density at radius 3 is 3.00 bits per heavy atom. The van der Waals surface area contributed by atoms with Gasteiger partial charge < -0.3 is 9.73 Å². The second kappa shape index (κ2) is 4.10. The van der Waals surface area contributed by atoms with E-state index in [1.807, 2.05) is 0 Å². The van der Waals surface area contributed by atoms with E-state index in [9.17, 15) is 4.79 Å². The Morgan fingerprint density at radius 2 is 2.33 bits per heavy atom. The number of halogens is 1. The van der Waals surface area contributed by atoms with Crippen molar-refractivity contribution in [3.8, 4) is 0 Å². The average Bonchev–Trinajstić information content (AvgIpc) is 2.70. The smallest absolute Gasteiger partial charge is 0.292 e. The molecule has 2 aromatic heterocycles. The van der Waals surface area contributed by atoms with Crippen molar-refractivity contribution in [2.75, 3.05) is 5.32 Å². The summed E-state index contributed by atoms with van der Waals surface area (Å²) in [6, 6.07) is 4.71. The number of carbonyl (C=O) groups excluding carboxylic acids is 1.